The molecule has 0 aliphatic rings. The lowest BCUT2D eigenvalue weighted by atomic mass is 10.0. The first kappa shape index (κ1) is 27.5. The topological polar surface area (TPSA) is 80.6 Å². The number of aromatic carboxylic acids is 1. The van der Waals surface area contributed by atoms with E-state index in [1.807, 2.05) is 77.5 Å². The number of para-hydroxylation sites is 1. The Morgan fingerprint density at radius 3 is 2.23 bits per heavy atom. The number of hydrogen-bond acceptors (Lipinski definition) is 3. The summed E-state index contributed by atoms with van der Waals surface area (Å²) in [5.74, 6) is -0.231. The minimum atomic E-state index is -1.000. The second kappa shape index (κ2) is 12.0. The molecule has 0 saturated carbocycles. The second-order valence-electron chi connectivity index (χ2n) is 10.1. The van der Waals surface area contributed by atoms with E-state index < -0.39 is 5.97 Å². The zero-order chi connectivity index (χ0) is 29.8. The van der Waals surface area contributed by atoms with Crippen molar-refractivity contribution in [3.05, 3.63) is 156 Å². The maximum absolute atomic E-state index is 13.7. The van der Waals surface area contributed by atoms with Crippen molar-refractivity contribution < 1.29 is 23.8 Å². The summed E-state index contributed by atoms with van der Waals surface area (Å²) < 4.78 is 21.9. The van der Waals surface area contributed by atoms with Crippen molar-refractivity contribution in [2.75, 3.05) is 0 Å². The van der Waals surface area contributed by atoms with Gasteiger partial charge in [-0.3, -0.25) is 4.79 Å². The molecule has 212 valence electrons. The fourth-order valence-electron chi connectivity index (χ4n) is 5.03. The first-order valence-corrected chi connectivity index (χ1v) is 13.7. The Morgan fingerprint density at radius 1 is 0.767 bits per heavy atom. The first-order chi connectivity index (χ1) is 20.9. The molecule has 6 nitrogen and oxygen atoms in total. The third kappa shape index (κ3) is 6.16. The highest BCUT2D eigenvalue weighted by molar-refractivity contribution is 6.07. The van der Waals surface area contributed by atoms with Crippen LogP contribution in [0.4, 0.5) is 4.39 Å². The van der Waals surface area contributed by atoms with E-state index in [1.165, 1.54) is 24.3 Å². The maximum atomic E-state index is 13.7. The smallest absolute Gasteiger partial charge is 0.335 e. The van der Waals surface area contributed by atoms with E-state index >= 15 is 0 Å². The van der Waals surface area contributed by atoms with E-state index in [0.29, 0.717) is 23.6 Å². The van der Waals surface area contributed by atoms with Crippen LogP contribution < -0.4 is 10.1 Å². The molecule has 43 heavy (non-hydrogen) atoms. The van der Waals surface area contributed by atoms with Gasteiger partial charge in [-0.2, -0.15) is 0 Å². The molecule has 1 aromatic heterocycles. The zero-order valence-corrected chi connectivity index (χ0v) is 23.0. The fraction of sp³-hybridized carbons (Fsp3) is 0.0556. The number of aromatic nitrogens is 1. The SMILES string of the molecule is O=C(O)c1ccc(CNC(=O)c2ccc(Oc3ccccc3)c3ccn(Cc4ccc(-c5cccc(F)c5)cc4)c23)cc1. The van der Waals surface area contributed by atoms with Crippen LogP contribution in [0.25, 0.3) is 22.0 Å². The lowest BCUT2D eigenvalue weighted by Gasteiger charge is -2.14. The molecule has 0 unspecified atom stereocenters. The number of ether oxygens (including phenoxy) is 1. The maximum Gasteiger partial charge on any atom is 0.335 e. The molecule has 7 heteroatoms. The molecule has 0 bridgehead atoms. The lowest BCUT2D eigenvalue weighted by molar-refractivity contribution is 0.0696. The molecule has 0 spiro atoms. The van der Waals surface area contributed by atoms with E-state index in [-0.39, 0.29) is 23.8 Å². The Hall–Kier alpha value is -5.69. The van der Waals surface area contributed by atoms with Crippen molar-refractivity contribution >= 4 is 22.8 Å². The highest BCUT2D eigenvalue weighted by atomic mass is 19.1. The Bertz CT molecular complexity index is 1910. The van der Waals surface area contributed by atoms with Crippen LogP contribution in [0.1, 0.15) is 31.8 Å². The lowest BCUT2D eigenvalue weighted by Crippen LogP contribution is -2.23. The highest BCUT2D eigenvalue weighted by Gasteiger charge is 2.18. The quantitative estimate of drug-likeness (QED) is 0.185. The van der Waals surface area contributed by atoms with Crippen LogP contribution in [0.2, 0.25) is 0 Å². The average molecular weight is 571 g/mol. The summed E-state index contributed by atoms with van der Waals surface area (Å²) in [7, 11) is 0. The molecule has 2 N–H and O–H groups in total. The molecule has 6 aromatic rings. The van der Waals surface area contributed by atoms with Crippen LogP contribution >= 0.6 is 0 Å². The summed E-state index contributed by atoms with van der Waals surface area (Å²) in [6, 6.07) is 35.8. The van der Waals surface area contributed by atoms with E-state index in [9.17, 15) is 14.0 Å². The van der Waals surface area contributed by atoms with Gasteiger partial charge in [-0.1, -0.05) is 66.7 Å². The summed E-state index contributed by atoms with van der Waals surface area (Å²) in [5.41, 5.74) is 4.91. The molecule has 0 aliphatic heterocycles. The molecule has 0 aliphatic carbocycles. The van der Waals surface area contributed by atoms with Crippen LogP contribution in [-0.2, 0) is 13.1 Å². The third-order valence-electron chi connectivity index (χ3n) is 7.22. The predicted octanol–water partition coefficient (Wildman–Crippen LogP) is 7.92. The number of carbonyl (C=O) groups is 2. The van der Waals surface area contributed by atoms with Gasteiger partial charge in [0.25, 0.3) is 5.91 Å². The molecule has 0 radical (unpaired) electrons. The zero-order valence-electron chi connectivity index (χ0n) is 23.0. The van der Waals surface area contributed by atoms with E-state index in [4.69, 9.17) is 9.84 Å². The van der Waals surface area contributed by atoms with E-state index in [0.717, 1.165) is 33.2 Å². The Morgan fingerprint density at radius 2 is 1.51 bits per heavy atom. The summed E-state index contributed by atoms with van der Waals surface area (Å²) in [5, 5.41) is 12.9. The molecule has 6 rings (SSSR count). The first-order valence-electron chi connectivity index (χ1n) is 13.7. The Kier molecular flexibility index (Phi) is 7.70. The van der Waals surface area contributed by atoms with Crippen LogP contribution in [0.5, 0.6) is 11.5 Å². The number of nitrogens with zero attached hydrogens (tertiary/aromatic N) is 1. The second-order valence-corrected chi connectivity index (χ2v) is 10.1. The molecule has 0 saturated heterocycles. The van der Waals surface area contributed by atoms with Crippen LogP contribution in [-0.4, -0.2) is 21.6 Å². The van der Waals surface area contributed by atoms with Gasteiger partial charge in [-0.15, -0.1) is 0 Å². The number of nitrogens with one attached hydrogen (secondary N) is 1. The number of fused-ring (bicyclic) bond motifs is 1. The number of halogens is 1. The normalized spacial score (nSPS) is 10.9. The molecular weight excluding hydrogens is 543 g/mol. The van der Waals surface area contributed by atoms with Crippen molar-refractivity contribution in [3.8, 4) is 22.6 Å². The Balaban J connectivity index is 1.30. The van der Waals surface area contributed by atoms with Crippen LogP contribution in [0, 0.1) is 5.82 Å². The predicted molar refractivity (Wildman–Crippen MR) is 164 cm³/mol. The monoisotopic (exact) mass is 570 g/mol. The number of benzene rings is 5. The summed E-state index contributed by atoms with van der Waals surface area (Å²) in [6.07, 6.45) is 1.93. The van der Waals surface area contributed by atoms with Gasteiger partial charge in [0.15, 0.2) is 0 Å². The minimum absolute atomic E-state index is 0.188. The number of hydrogen-bond donors (Lipinski definition) is 2. The third-order valence-corrected chi connectivity index (χ3v) is 7.22. The standard InChI is InChI=1S/C36H27FN2O4/c37-29-6-4-5-28(21-29)26-13-11-25(12-14-26)23-39-20-19-31-33(43-30-7-2-1-3-8-30)18-17-32(34(31)39)35(40)38-22-24-9-15-27(16-10-24)36(41)42/h1-21H,22-23H2,(H,38,40)(H,41,42). The van der Waals surface area contributed by atoms with Crippen molar-refractivity contribution in [1.29, 1.82) is 0 Å². The summed E-state index contributed by atoms with van der Waals surface area (Å²) >= 11 is 0. The van der Waals surface area contributed by atoms with E-state index in [2.05, 4.69) is 5.32 Å². The number of carbonyl (C=O) groups excluding carboxylic acids is 1. The van der Waals surface area contributed by atoms with Crippen molar-refractivity contribution in [1.82, 2.24) is 9.88 Å². The van der Waals surface area contributed by atoms with Gasteiger partial charge in [0, 0.05) is 24.7 Å². The number of rotatable bonds is 9. The molecule has 1 amide bonds. The van der Waals surface area contributed by atoms with Crippen molar-refractivity contribution in [3.63, 3.8) is 0 Å². The van der Waals surface area contributed by atoms with Crippen molar-refractivity contribution in [2.45, 2.75) is 13.1 Å². The molecule has 1 heterocycles. The van der Waals surface area contributed by atoms with Crippen LogP contribution in [0.15, 0.2) is 128 Å². The van der Waals surface area contributed by atoms with Gasteiger partial charge >= 0.3 is 5.97 Å². The number of amides is 1. The van der Waals surface area contributed by atoms with Gasteiger partial charge in [-0.05, 0) is 76.9 Å². The molecule has 0 atom stereocenters. The Labute approximate surface area is 247 Å². The van der Waals surface area contributed by atoms with Crippen molar-refractivity contribution in [2.24, 2.45) is 0 Å². The van der Waals surface area contributed by atoms with Gasteiger partial charge in [0.2, 0.25) is 0 Å². The summed E-state index contributed by atoms with van der Waals surface area (Å²) in [6.45, 7) is 0.739. The molecule has 0 fully saturated rings. The number of carboxylic acids is 1. The van der Waals surface area contributed by atoms with Gasteiger partial charge in [-0.25, -0.2) is 9.18 Å². The van der Waals surface area contributed by atoms with E-state index in [1.54, 1.807) is 30.3 Å². The summed E-state index contributed by atoms with van der Waals surface area (Å²) in [4.78, 5) is 24.7. The minimum Gasteiger partial charge on any atom is -0.478 e. The van der Waals surface area contributed by atoms with Crippen LogP contribution in [0.3, 0.4) is 0 Å². The van der Waals surface area contributed by atoms with Gasteiger partial charge in [0.05, 0.1) is 16.6 Å². The van der Waals surface area contributed by atoms with Gasteiger partial charge < -0.3 is 19.7 Å². The van der Waals surface area contributed by atoms with Gasteiger partial charge in [0.1, 0.15) is 17.3 Å². The average Bonchev–Trinajstić information content (AvgIpc) is 3.45. The number of carboxylic acid groups (broad SMARTS) is 1. The molecular formula is C36H27FN2O4. The fourth-order valence-corrected chi connectivity index (χ4v) is 5.03. The highest BCUT2D eigenvalue weighted by Crippen LogP contribution is 2.34. The molecule has 5 aromatic carbocycles. The largest absolute Gasteiger partial charge is 0.478 e.